The van der Waals surface area contributed by atoms with Crippen molar-refractivity contribution in [2.75, 3.05) is 0 Å². The van der Waals surface area contributed by atoms with Gasteiger partial charge < -0.3 is 0 Å². The Balaban J connectivity index is 1.79. The first-order valence-electron chi connectivity index (χ1n) is 11.0. The van der Waals surface area contributed by atoms with E-state index in [1.165, 1.54) is 22.1 Å². The fourth-order valence-corrected chi connectivity index (χ4v) is 4.82. The molecule has 6 aromatic rings. The largest absolute Gasteiger partial charge is 0.283 e. The molecule has 0 spiro atoms. The number of pyridine rings is 2. The van der Waals surface area contributed by atoms with E-state index in [-0.39, 0.29) is 0 Å². The summed E-state index contributed by atoms with van der Waals surface area (Å²) in [4.78, 5) is 10.3. The van der Waals surface area contributed by atoms with Crippen LogP contribution in [0.25, 0.3) is 49.6 Å². The second-order valence-corrected chi connectivity index (χ2v) is 8.08. The summed E-state index contributed by atoms with van der Waals surface area (Å²) in [5.74, 6) is 0. The first-order valence-corrected chi connectivity index (χ1v) is 11.0. The quantitative estimate of drug-likeness (QED) is 0.236. The van der Waals surface area contributed by atoms with E-state index in [0.717, 1.165) is 51.5 Å². The van der Waals surface area contributed by atoms with Crippen LogP contribution in [0.4, 0.5) is 0 Å². The van der Waals surface area contributed by atoms with E-state index in [2.05, 4.69) is 91.2 Å². The Morgan fingerprint density at radius 3 is 2.13 bits per heavy atom. The fourth-order valence-electron chi connectivity index (χ4n) is 4.82. The topological polar surface area (TPSA) is 30.2 Å². The number of nitrogens with zero attached hydrogens (tertiary/aromatic N) is 3. The molecule has 0 saturated heterocycles. The minimum absolute atomic E-state index is 0.957. The van der Waals surface area contributed by atoms with Gasteiger partial charge in [0, 0.05) is 27.9 Å². The van der Waals surface area contributed by atoms with Crippen LogP contribution in [-0.2, 0) is 12.8 Å². The average Bonchev–Trinajstić information content (AvgIpc) is 3.28. The molecule has 0 aliphatic heterocycles. The van der Waals surface area contributed by atoms with E-state index in [1.54, 1.807) is 0 Å². The summed E-state index contributed by atoms with van der Waals surface area (Å²) in [5, 5.41) is 4.67. The Bertz CT molecular complexity index is 1590. The fraction of sp³-hybridized carbons (Fsp3) is 0.143. The maximum Gasteiger partial charge on any atom is 0.147 e. The summed E-state index contributed by atoms with van der Waals surface area (Å²) in [6.07, 6.45) is 4.16. The SMILES string of the molecule is CCc1cccc(CC)c1-c1cn2c(n1)c1ccccc1c1cc3ccccc3nc12. The average molecular weight is 402 g/mol. The van der Waals surface area contributed by atoms with Gasteiger partial charge >= 0.3 is 0 Å². The second kappa shape index (κ2) is 6.92. The van der Waals surface area contributed by atoms with Crippen LogP contribution in [0.2, 0.25) is 0 Å². The van der Waals surface area contributed by atoms with Crippen molar-refractivity contribution in [3.05, 3.63) is 90.1 Å². The molecular weight excluding hydrogens is 378 g/mol. The number of rotatable bonds is 3. The molecule has 0 bridgehead atoms. The molecule has 0 saturated carbocycles. The molecule has 0 radical (unpaired) electrons. The molecule has 3 nitrogen and oxygen atoms in total. The molecule has 0 aliphatic carbocycles. The molecule has 0 fully saturated rings. The van der Waals surface area contributed by atoms with Crippen molar-refractivity contribution >= 4 is 38.4 Å². The minimum atomic E-state index is 0.957. The summed E-state index contributed by atoms with van der Waals surface area (Å²) >= 11 is 0. The normalized spacial score (nSPS) is 11.8. The molecule has 3 aromatic carbocycles. The van der Waals surface area contributed by atoms with Gasteiger partial charge in [-0.15, -0.1) is 0 Å². The van der Waals surface area contributed by atoms with E-state index in [1.807, 2.05) is 6.07 Å². The molecule has 0 N–H and O–H groups in total. The summed E-state index contributed by atoms with van der Waals surface area (Å²) < 4.78 is 2.19. The van der Waals surface area contributed by atoms with Gasteiger partial charge in [0.15, 0.2) is 0 Å². The molecule has 3 heterocycles. The van der Waals surface area contributed by atoms with E-state index >= 15 is 0 Å². The van der Waals surface area contributed by atoms with Crippen LogP contribution >= 0.6 is 0 Å². The van der Waals surface area contributed by atoms with E-state index in [9.17, 15) is 0 Å². The summed E-state index contributed by atoms with van der Waals surface area (Å²) in [6.45, 7) is 4.43. The first-order chi connectivity index (χ1) is 15.3. The zero-order chi connectivity index (χ0) is 20.9. The number of aromatic nitrogens is 3. The molecular formula is C28H23N3. The van der Waals surface area contributed by atoms with E-state index in [0.29, 0.717) is 0 Å². The molecule has 150 valence electrons. The minimum Gasteiger partial charge on any atom is -0.283 e. The molecule has 0 atom stereocenters. The van der Waals surface area contributed by atoms with Crippen LogP contribution in [-0.4, -0.2) is 14.4 Å². The van der Waals surface area contributed by atoms with Gasteiger partial charge in [-0.1, -0.05) is 74.5 Å². The van der Waals surface area contributed by atoms with Crippen LogP contribution in [0.1, 0.15) is 25.0 Å². The summed E-state index contributed by atoms with van der Waals surface area (Å²) in [6, 6.07) is 25.7. The highest BCUT2D eigenvalue weighted by Gasteiger charge is 2.17. The molecule has 0 aliphatic rings. The van der Waals surface area contributed by atoms with E-state index < -0.39 is 0 Å². The third kappa shape index (κ3) is 2.66. The molecule has 0 unspecified atom stereocenters. The predicted octanol–water partition coefficient (Wildman–Crippen LogP) is 6.98. The second-order valence-electron chi connectivity index (χ2n) is 8.08. The zero-order valence-corrected chi connectivity index (χ0v) is 17.8. The van der Waals surface area contributed by atoms with Crippen molar-refractivity contribution in [2.24, 2.45) is 0 Å². The molecule has 0 amide bonds. The van der Waals surface area contributed by atoms with Crippen molar-refractivity contribution in [1.82, 2.24) is 14.4 Å². The highest BCUT2D eigenvalue weighted by atomic mass is 15.1. The van der Waals surface area contributed by atoms with Crippen molar-refractivity contribution in [3.63, 3.8) is 0 Å². The third-order valence-electron chi connectivity index (χ3n) is 6.35. The first kappa shape index (κ1) is 18.1. The van der Waals surface area contributed by atoms with Gasteiger partial charge in [0.25, 0.3) is 0 Å². The lowest BCUT2D eigenvalue weighted by Crippen LogP contribution is -1.94. The lowest BCUT2D eigenvalue weighted by molar-refractivity contribution is 1.09. The van der Waals surface area contributed by atoms with Crippen LogP contribution in [0, 0.1) is 0 Å². The number of fused-ring (bicyclic) bond motifs is 7. The Labute approximate surface area is 181 Å². The smallest absolute Gasteiger partial charge is 0.147 e. The monoisotopic (exact) mass is 401 g/mol. The van der Waals surface area contributed by atoms with Gasteiger partial charge in [-0.05, 0) is 41.5 Å². The molecule has 6 rings (SSSR count). The predicted molar refractivity (Wildman–Crippen MR) is 130 cm³/mol. The van der Waals surface area contributed by atoms with Gasteiger partial charge in [-0.3, -0.25) is 4.40 Å². The third-order valence-corrected chi connectivity index (χ3v) is 6.35. The Morgan fingerprint density at radius 1 is 0.677 bits per heavy atom. The van der Waals surface area contributed by atoms with Gasteiger partial charge in [0.2, 0.25) is 0 Å². The van der Waals surface area contributed by atoms with Crippen molar-refractivity contribution in [3.8, 4) is 11.3 Å². The van der Waals surface area contributed by atoms with Gasteiger partial charge in [-0.2, -0.15) is 0 Å². The van der Waals surface area contributed by atoms with Crippen LogP contribution in [0.3, 0.4) is 0 Å². The highest BCUT2D eigenvalue weighted by molar-refractivity contribution is 6.13. The van der Waals surface area contributed by atoms with Crippen molar-refractivity contribution in [2.45, 2.75) is 26.7 Å². The van der Waals surface area contributed by atoms with Crippen LogP contribution in [0.5, 0.6) is 0 Å². The number of hydrogen-bond donors (Lipinski definition) is 0. The van der Waals surface area contributed by atoms with Gasteiger partial charge in [-0.25, -0.2) is 9.97 Å². The number of hydrogen-bond acceptors (Lipinski definition) is 2. The Hall–Kier alpha value is -3.72. The lowest BCUT2D eigenvalue weighted by atomic mass is 9.95. The lowest BCUT2D eigenvalue weighted by Gasteiger charge is -2.10. The van der Waals surface area contributed by atoms with Crippen LogP contribution in [0.15, 0.2) is 79.0 Å². The summed E-state index contributed by atoms with van der Waals surface area (Å²) in [7, 11) is 0. The number of imidazole rings is 1. The van der Waals surface area contributed by atoms with Gasteiger partial charge in [0.1, 0.15) is 11.3 Å². The zero-order valence-electron chi connectivity index (χ0n) is 17.8. The van der Waals surface area contributed by atoms with Crippen molar-refractivity contribution in [1.29, 1.82) is 0 Å². The molecule has 31 heavy (non-hydrogen) atoms. The van der Waals surface area contributed by atoms with Gasteiger partial charge in [0.05, 0.1) is 11.2 Å². The Kier molecular flexibility index (Phi) is 4.03. The van der Waals surface area contributed by atoms with Crippen molar-refractivity contribution < 1.29 is 0 Å². The number of aryl methyl sites for hydroxylation is 2. The number of benzene rings is 3. The molecule has 3 heteroatoms. The maximum absolute atomic E-state index is 5.18. The maximum atomic E-state index is 5.18. The number of para-hydroxylation sites is 1. The standard InChI is InChI=1S/C28H23N3/c1-3-18-11-9-12-19(4-2)26(18)25-17-31-27(30-25)22-14-7-6-13-21(22)23-16-20-10-5-8-15-24(20)29-28(23)31/h5-17H,3-4H2,1-2H3. The van der Waals surface area contributed by atoms with E-state index in [4.69, 9.17) is 9.97 Å². The molecule has 3 aromatic heterocycles. The Morgan fingerprint density at radius 2 is 1.35 bits per heavy atom. The summed E-state index contributed by atoms with van der Waals surface area (Å²) in [5.41, 5.74) is 7.91. The highest BCUT2D eigenvalue weighted by Crippen LogP contribution is 2.34. The van der Waals surface area contributed by atoms with Crippen LogP contribution < -0.4 is 0 Å².